The Kier molecular flexibility index (Phi) is 3.50. The lowest BCUT2D eigenvalue weighted by molar-refractivity contribution is -0.136. The number of rotatable bonds is 4. The third-order valence-electron chi connectivity index (χ3n) is 3.36. The predicted molar refractivity (Wildman–Crippen MR) is 78.5 cm³/mol. The number of ether oxygens (including phenoxy) is 1. The minimum absolute atomic E-state index is 0.244. The van der Waals surface area contributed by atoms with Crippen LogP contribution in [-0.2, 0) is 11.2 Å². The number of methoxy groups -OCH3 is 1. The summed E-state index contributed by atoms with van der Waals surface area (Å²) < 4.78 is 20.0. The number of hydrogen-bond donors (Lipinski definition) is 1. The van der Waals surface area contributed by atoms with Crippen LogP contribution < -0.4 is 4.74 Å². The first-order valence-corrected chi connectivity index (χ1v) is 6.61. The maximum atomic E-state index is 13.5. The average molecular weight is 300 g/mol. The molecule has 0 aliphatic rings. The fourth-order valence-corrected chi connectivity index (χ4v) is 2.36. The van der Waals surface area contributed by atoms with Gasteiger partial charge in [-0.25, -0.2) is 9.37 Å². The Balaban J connectivity index is 2.20. The molecule has 0 fully saturated rings. The molecule has 0 spiro atoms. The molecule has 0 bridgehead atoms. The van der Waals surface area contributed by atoms with Crippen LogP contribution in [0, 0.1) is 5.82 Å². The first-order chi connectivity index (χ1) is 10.6. The van der Waals surface area contributed by atoms with E-state index in [-0.39, 0.29) is 6.42 Å². The molecule has 6 heteroatoms. The Morgan fingerprint density at radius 2 is 2.00 bits per heavy atom. The van der Waals surface area contributed by atoms with Crippen LogP contribution >= 0.6 is 0 Å². The van der Waals surface area contributed by atoms with E-state index in [0.717, 1.165) is 5.56 Å². The molecule has 5 nitrogen and oxygen atoms in total. The van der Waals surface area contributed by atoms with Gasteiger partial charge in [0.2, 0.25) is 0 Å². The number of pyridine rings is 1. The first kappa shape index (κ1) is 14.1. The number of carboxylic acids is 1. The Morgan fingerprint density at radius 1 is 1.27 bits per heavy atom. The molecule has 2 aromatic heterocycles. The molecule has 0 saturated heterocycles. The van der Waals surface area contributed by atoms with Gasteiger partial charge >= 0.3 is 5.97 Å². The van der Waals surface area contributed by atoms with Gasteiger partial charge in [-0.2, -0.15) is 0 Å². The van der Waals surface area contributed by atoms with Gasteiger partial charge < -0.3 is 9.84 Å². The monoisotopic (exact) mass is 300 g/mol. The van der Waals surface area contributed by atoms with Crippen LogP contribution in [0.2, 0.25) is 0 Å². The quantitative estimate of drug-likeness (QED) is 0.804. The molecule has 112 valence electrons. The third-order valence-corrected chi connectivity index (χ3v) is 3.36. The number of fused-ring (bicyclic) bond motifs is 1. The number of carbonyl (C=O) groups is 1. The Hall–Kier alpha value is -2.89. The van der Waals surface area contributed by atoms with Crippen molar-refractivity contribution >= 4 is 11.6 Å². The number of nitrogens with zero attached hydrogens (tertiary/aromatic N) is 2. The molecule has 22 heavy (non-hydrogen) atoms. The van der Waals surface area contributed by atoms with Crippen molar-refractivity contribution in [2.75, 3.05) is 7.11 Å². The average Bonchev–Trinajstić information content (AvgIpc) is 2.85. The van der Waals surface area contributed by atoms with Gasteiger partial charge in [0, 0.05) is 11.8 Å². The first-order valence-electron chi connectivity index (χ1n) is 6.61. The lowest BCUT2D eigenvalue weighted by atomic mass is 10.1. The molecule has 0 aliphatic heterocycles. The molecule has 3 rings (SSSR count). The van der Waals surface area contributed by atoms with Crippen molar-refractivity contribution in [3.63, 3.8) is 0 Å². The molecule has 0 radical (unpaired) electrons. The van der Waals surface area contributed by atoms with Gasteiger partial charge in [-0.15, -0.1) is 0 Å². The Bertz CT molecular complexity index is 840. The lowest BCUT2D eigenvalue weighted by Gasteiger charge is -2.04. The molecular formula is C16H13FN2O3. The van der Waals surface area contributed by atoms with E-state index in [2.05, 4.69) is 4.98 Å². The van der Waals surface area contributed by atoms with Gasteiger partial charge in [0.25, 0.3) is 0 Å². The van der Waals surface area contributed by atoms with Crippen molar-refractivity contribution < 1.29 is 19.0 Å². The minimum Gasteiger partial charge on any atom is -0.497 e. The van der Waals surface area contributed by atoms with Gasteiger partial charge in [0.15, 0.2) is 0 Å². The zero-order valence-electron chi connectivity index (χ0n) is 11.8. The summed E-state index contributed by atoms with van der Waals surface area (Å²) in [5, 5.41) is 9.11. The van der Waals surface area contributed by atoms with Crippen LogP contribution in [0.25, 0.3) is 16.9 Å². The van der Waals surface area contributed by atoms with E-state index >= 15 is 0 Å². The molecule has 1 N–H and O–H groups in total. The summed E-state index contributed by atoms with van der Waals surface area (Å²) in [6.07, 6.45) is 1.000. The maximum Gasteiger partial charge on any atom is 0.309 e. The molecule has 0 unspecified atom stereocenters. The van der Waals surface area contributed by atoms with Gasteiger partial charge in [0.1, 0.15) is 17.2 Å². The molecule has 0 amide bonds. The van der Waals surface area contributed by atoms with Crippen LogP contribution in [0.15, 0.2) is 42.6 Å². The standard InChI is InChI=1S/C16H13FN2O3/c1-22-12-5-2-10(3-6-12)16-13(8-15(20)21)19-9-11(17)4-7-14(19)18-16/h2-7,9H,8H2,1H3,(H,20,21). The second-order valence-electron chi connectivity index (χ2n) is 4.78. The summed E-state index contributed by atoms with van der Waals surface area (Å²) in [7, 11) is 1.57. The van der Waals surface area contributed by atoms with Crippen molar-refractivity contribution in [3.05, 3.63) is 54.1 Å². The van der Waals surface area contributed by atoms with Gasteiger partial charge in [-0.1, -0.05) is 0 Å². The SMILES string of the molecule is COc1ccc(-c2nc3ccc(F)cn3c2CC(=O)O)cc1. The minimum atomic E-state index is -0.999. The second-order valence-corrected chi connectivity index (χ2v) is 4.78. The van der Waals surface area contributed by atoms with Crippen molar-refractivity contribution in [3.8, 4) is 17.0 Å². The van der Waals surface area contributed by atoms with Gasteiger partial charge in [-0.3, -0.25) is 9.20 Å². The molecule has 0 atom stereocenters. The topological polar surface area (TPSA) is 63.8 Å². The van der Waals surface area contributed by atoms with Crippen LogP contribution in [0.3, 0.4) is 0 Å². The summed E-state index contributed by atoms with van der Waals surface area (Å²) in [4.78, 5) is 15.5. The number of aliphatic carboxylic acids is 1. The highest BCUT2D eigenvalue weighted by atomic mass is 19.1. The van der Waals surface area contributed by atoms with Crippen LogP contribution in [0.1, 0.15) is 5.69 Å². The molecule has 0 saturated carbocycles. The van der Waals surface area contributed by atoms with E-state index in [4.69, 9.17) is 9.84 Å². The largest absolute Gasteiger partial charge is 0.497 e. The van der Waals surface area contributed by atoms with Crippen LogP contribution in [-0.4, -0.2) is 27.6 Å². The summed E-state index contributed by atoms with van der Waals surface area (Å²) in [6, 6.07) is 9.94. The van der Waals surface area contributed by atoms with Crippen LogP contribution in [0.4, 0.5) is 4.39 Å². The van der Waals surface area contributed by atoms with E-state index in [9.17, 15) is 9.18 Å². The van der Waals surface area contributed by atoms with Crippen LogP contribution in [0.5, 0.6) is 5.75 Å². The summed E-state index contributed by atoms with van der Waals surface area (Å²) >= 11 is 0. The second kappa shape index (κ2) is 5.48. The molecular weight excluding hydrogens is 287 g/mol. The number of halogens is 1. The predicted octanol–water partition coefficient (Wildman–Crippen LogP) is 2.78. The van der Waals surface area contributed by atoms with E-state index in [1.54, 1.807) is 31.4 Å². The highest BCUT2D eigenvalue weighted by molar-refractivity contribution is 5.76. The summed E-state index contributed by atoms with van der Waals surface area (Å²) in [5.41, 5.74) is 2.22. The number of imidazole rings is 1. The van der Waals surface area contributed by atoms with E-state index in [0.29, 0.717) is 22.8 Å². The Morgan fingerprint density at radius 3 is 2.64 bits per heavy atom. The summed E-state index contributed by atoms with van der Waals surface area (Å²) in [5.74, 6) is -0.753. The normalized spacial score (nSPS) is 10.8. The zero-order valence-corrected chi connectivity index (χ0v) is 11.8. The van der Waals surface area contributed by atoms with Crippen molar-refractivity contribution in [2.45, 2.75) is 6.42 Å². The fraction of sp³-hybridized carbons (Fsp3) is 0.125. The van der Waals surface area contributed by atoms with E-state index < -0.39 is 11.8 Å². The maximum absolute atomic E-state index is 13.5. The molecule has 3 aromatic rings. The molecule has 0 aliphatic carbocycles. The van der Waals surface area contributed by atoms with E-state index in [1.165, 1.54) is 22.7 Å². The number of benzene rings is 1. The smallest absolute Gasteiger partial charge is 0.309 e. The van der Waals surface area contributed by atoms with E-state index in [1.807, 2.05) is 0 Å². The summed E-state index contributed by atoms with van der Waals surface area (Å²) in [6.45, 7) is 0. The lowest BCUT2D eigenvalue weighted by Crippen LogP contribution is -2.05. The van der Waals surface area contributed by atoms with Crippen molar-refractivity contribution in [1.29, 1.82) is 0 Å². The highest BCUT2D eigenvalue weighted by Crippen LogP contribution is 2.27. The number of carboxylic acid groups (broad SMARTS) is 1. The number of hydrogen-bond acceptors (Lipinski definition) is 3. The fourth-order valence-electron chi connectivity index (χ4n) is 2.36. The highest BCUT2D eigenvalue weighted by Gasteiger charge is 2.17. The van der Waals surface area contributed by atoms with Crippen molar-refractivity contribution in [2.24, 2.45) is 0 Å². The van der Waals surface area contributed by atoms with Gasteiger partial charge in [-0.05, 0) is 36.4 Å². The third kappa shape index (κ3) is 2.50. The number of aromatic nitrogens is 2. The van der Waals surface area contributed by atoms with Gasteiger partial charge in [0.05, 0.1) is 24.9 Å². The molecule has 2 heterocycles. The zero-order chi connectivity index (χ0) is 15.7. The Labute approximate surface area is 125 Å². The van der Waals surface area contributed by atoms with Crippen molar-refractivity contribution in [1.82, 2.24) is 9.38 Å². The molecule has 1 aromatic carbocycles.